The van der Waals surface area contributed by atoms with Gasteiger partial charge in [-0.2, -0.15) is 0 Å². The van der Waals surface area contributed by atoms with E-state index in [1.54, 1.807) is 6.26 Å². The van der Waals surface area contributed by atoms with Crippen LogP contribution in [0.1, 0.15) is 44.4 Å². The predicted molar refractivity (Wildman–Crippen MR) is 61.0 cm³/mol. The summed E-state index contributed by atoms with van der Waals surface area (Å²) in [4.78, 5) is 4.54. The van der Waals surface area contributed by atoms with Gasteiger partial charge in [-0.3, -0.25) is 4.99 Å². The van der Waals surface area contributed by atoms with Crippen LogP contribution in [0.5, 0.6) is 0 Å². The second-order valence-electron chi connectivity index (χ2n) is 4.02. The number of rotatable bonds is 2. The van der Waals surface area contributed by atoms with Gasteiger partial charge in [0.25, 0.3) is 0 Å². The van der Waals surface area contributed by atoms with Crippen molar-refractivity contribution in [2.45, 2.75) is 38.6 Å². The van der Waals surface area contributed by atoms with Crippen LogP contribution in [-0.2, 0) is 0 Å². The molecule has 0 radical (unpaired) electrons. The fraction of sp³-hybridized carbons (Fsp3) is 0.583. The quantitative estimate of drug-likeness (QED) is 0.807. The normalized spacial score (nSPS) is 19.1. The van der Waals surface area contributed by atoms with Crippen LogP contribution in [0.4, 0.5) is 0 Å². The molecule has 0 aromatic carbocycles. The van der Waals surface area contributed by atoms with Crippen molar-refractivity contribution in [3.8, 4) is 0 Å². The van der Waals surface area contributed by atoms with Crippen LogP contribution in [-0.4, -0.2) is 12.4 Å². The maximum atomic E-state index is 5.35. The molecule has 3 nitrogen and oxygen atoms in total. The van der Waals surface area contributed by atoms with Crippen molar-refractivity contribution < 1.29 is 4.42 Å². The molecule has 0 spiro atoms. The van der Waals surface area contributed by atoms with Gasteiger partial charge < -0.3 is 9.73 Å². The van der Waals surface area contributed by atoms with Gasteiger partial charge in [0.1, 0.15) is 5.76 Å². The Hall–Kier alpha value is -1.25. The molecule has 1 aromatic heterocycles. The minimum Gasteiger partial charge on any atom is -0.467 e. The van der Waals surface area contributed by atoms with E-state index in [0.29, 0.717) is 0 Å². The molecule has 1 aromatic rings. The molecular formula is C12H18N2O. The van der Waals surface area contributed by atoms with Crippen molar-refractivity contribution in [1.82, 2.24) is 5.32 Å². The van der Waals surface area contributed by atoms with E-state index >= 15 is 0 Å². The highest BCUT2D eigenvalue weighted by Crippen LogP contribution is 2.14. The van der Waals surface area contributed by atoms with E-state index < -0.39 is 0 Å². The molecule has 0 saturated heterocycles. The largest absolute Gasteiger partial charge is 0.467 e. The van der Waals surface area contributed by atoms with Crippen LogP contribution < -0.4 is 5.32 Å². The first-order valence-corrected chi connectivity index (χ1v) is 5.69. The van der Waals surface area contributed by atoms with Crippen LogP contribution in [0, 0.1) is 0 Å². The lowest BCUT2D eigenvalue weighted by molar-refractivity contribution is 0.461. The summed E-state index contributed by atoms with van der Waals surface area (Å²) in [6.45, 7) is 3.07. The van der Waals surface area contributed by atoms with Crippen LogP contribution in [0.25, 0.3) is 0 Å². The predicted octanol–water partition coefficient (Wildman–Crippen LogP) is 2.90. The number of amidine groups is 1. The zero-order chi connectivity index (χ0) is 10.5. The third-order valence-corrected chi connectivity index (χ3v) is 2.73. The average molecular weight is 206 g/mol. The molecule has 0 bridgehead atoms. The monoisotopic (exact) mass is 206 g/mol. The van der Waals surface area contributed by atoms with Crippen molar-refractivity contribution in [2.24, 2.45) is 4.99 Å². The van der Waals surface area contributed by atoms with E-state index in [1.165, 1.54) is 19.3 Å². The molecule has 0 fully saturated rings. The molecule has 1 atom stereocenters. The van der Waals surface area contributed by atoms with E-state index in [1.807, 2.05) is 12.1 Å². The second kappa shape index (κ2) is 5.01. The molecule has 1 unspecified atom stereocenters. The molecule has 1 N–H and O–H groups in total. The third-order valence-electron chi connectivity index (χ3n) is 2.73. The summed E-state index contributed by atoms with van der Waals surface area (Å²) in [7, 11) is 0. The lowest BCUT2D eigenvalue weighted by Gasteiger charge is -2.14. The van der Waals surface area contributed by atoms with E-state index in [-0.39, 0.29) is 6.04 Å². The Balaban J connectivity index is 1.93. The molecule has 82 valence electrons. The van der Waals surface area contributed by atoms with Crippen molar-refractivity contribution in [2.75, 3.05) is 6.54 Å². The Labute approximate surface area is 90.6 Å². The summed E-state index contributed by atoms with van der Waals surface area (Å²) in [6, 6.07) is 4.13. The summed E-state index contributed by atoms with van der Waals surface area (Å²) < 4.78 is 5.35. The van der Waals surface area contributed by atoms with E-state index in [0.717, 1.165) is 24.6 Å². The van der Waals surface area contributed by atoms with Gasteiger partial charge in [-0.15, -0.1) is 0 Å². The maximum absolute atomic E-state index is 5.35. The Morgan fingerprint density at radius 1 is 1.40 bits per heavy atom. The van der Waals surface area contributed by atoms with Gasteiger partial charge >= 0.3 is 0 Å². The minimum atomic E-state index is 0.219. The average Bonchev–Trinajstić information content (AvgIpc) is 2.65. The number of hydrogen-bond acceptors (Lipinski definition) is 3. The molecule has 0 amide bonds. The Kier molecular flexibility index (Phi) is 3.43. The molecule has 1 aliphatic rings. The molecule has 0 aliphatic carbocycles. The first-order valence-electron chi connectivity index (χ1n) is 5.69. The van der Waals surface area contributed by atoms with Crippen LogP contribution in [0.2, 0.25) is 0 Å². The SMILES string of the molecule is CC(NC1=NCCCCC1)c1ccco1. The van der Waals surface area contributed by atoms with Crippen LogP contribution in [0.3, 0.4) is 0 Å². The summed E-state index contributed by atoms with van der Waals surface area (Å²) in [6.07, 6.45) is 6.55. The number of hydrogen-bond donors (Lipinski definition) is 1. The summed E-state index contributed by atoms with van der Waals surface area (Å²) >= 11 is 0. The fourth-order valence-corrected chi connectivity index (χ4v) is 1.85. The van der Waals surface area contributed by atoms with Crippen molar-refractivity contribution in [3.05, 3.63) is 24.2 Å². The molecule has 3 heteroatoms. The van der Waals surface area contributed by atoms with Crippen LogP contribution in [0.15, 0.2) is 27.8 Å². The van der Waals surface area contributed by atoms with E-state index in [2.05, 4.69) is 17.2 Å². The highest BCUT2D eigenvalue weighted by Gasteiger charge is 2.11. The second-order valence-corrected chi connectivity index (χ2v) is 4.02. The third kappa shape index (κ3) is 2.85. The first kappa shape index (κ1) is 10.3. The van der Waals surface area contributed by atoms with Gasteiger partial charge in [-0.25, -0.2) is 0 Å². The molecule has 0 saturated carbocycles. The van der Waals surface area contributed by atoms with Crippen molar-refractivity contribution in [3.63, 3.8) is 0 Å². The molecule has 1 aliphatic heterocycles. The van der Waals surface area contributed by atoms with Crippen LogP contribution >= 0.6 is 0 Å². The topological polar surface area (TPSA) is 37.5 Å². The number of nitrogens with one attached hydrogen (secondary N) is 1. The summed E-state index contributed by atoms with van der Waals surface area (Å²) in [5.41, 5.74) is 0. The van der Waals surface area contributed by atoms with E-state index in [4.69, 9.17) is 4.42 Å². The minimum absolute atomic E-state index is 0.219. The molecular weight excluding hydrogens is 188 g/mol. The van der Waals surface area contributed by atoms with Gasteiger partial charge in [0.05, 0.1) is 18.1 Å². The van der Waals surface area contributed by atoms with Crippen molar-refractivity contribution in [1.29, 1.82) is 0 Å². The number of furan rings is 1. The molecule has 2 rings (SSSR count). The van der Waals surface area contributed by atoms with Gasteiger partial charge in [0, 0.05) is 13.0 Å². The Morgan fingerprint density at radius 2 is 2.33 bits per heavy atom. The highest BCUT2D eigenvalue weighted by molar-refractivity contribution is 5.82. The Bertz CT molecular complexity index is 316. The van der Waals surface area contributed by atoms with Gasteiger partial charge in [-0.1, -0.05) is 6.42 Å². The fourth-order valence-electron chi connectivity index (χ4n) is 1.85. The Morgan fingerprint density at radius 3 is 3.13 bits per heavy atom. The highest BCUT2D eigenvalue weighted by atomic mass is 16.3. The summed E-state index contributed by atoms with van der Waals surface area (Å²) in [5.74, 6) is 2.11. The lowest BCUT2D eigenvalue weighted by Crippen LogP contribution is -2.26. The summed E-state index contributed by atoms with van der Waals surface area (Å²) in [5, 5.41) is 3.42. The maximum Gasteiger partial charge on any atom is 0.125 e. The smallest absolute Gasteiger partial charge is 0.125 e. The zero-order valence-electron chi connectivity index (χ0n) is 9.20. The lowest BCUT2D eigenvalue weighted by atomic mass is 10.2. The molecule has 2 heterocycles. The van der Waals surface area contributed by atoms with Gasteiger partial charge in [0.15, 0.2) is 0 Å². The molecule has 15 heavy (non-hydrogen) atoms. The van der Waals surface area contributed by atoms with E-state index in [9.17, 15) is 0 Å². The van der Waals surface area contributed by atoms with Crippen molar-refractivity contribution >= 4 is 5.84 Å². The standard InChI is InChI=1S/C12H18N2O/c1-10(11-6-5-9-15-11)14-12-7-3-2-4-8-13-12/h5-6,9-10H,2-4,7-8H2,1H3,(H,13,14). The van der Waals surface area contributed by atoms with Gasteiger partial charge in [-0.05, 0) is 31.9 Å². The zero-order valence-corrected chi connectivity index (χ0v) is 9.20. The number of aliphatic imine (C=N–C) groups is 1. The van der Waals surface area contributed by atoms with Gasteiger partial charge in [0.2, 0.25) is 0 Å². The first-order chi connectivity index (χ1) is 7.36. The number of nitrogens with zero attached hydrogens (tertiary/aromatic N) is 1.